The van der Waals surface area contributed by atoms with Crippen LogP contribution in [0.25, 0.3) is 0 Å². The molecule has 2 aromatic heterocycles. The average molecular weight is 278 g/mol. The Morgan fingerprint density at radius 1 is 1.53 bits per heavy atom. The van der Waals surface area contributed by atoms with E-state index < -0.39 is 0 Å². The Hall–Kier alpha value is -1.76. The van der Waals surface area contributed by atoms with E-state index in [-0.39, 0.29) is 11.7 Å². The predicted molar refractivity (Wildman–Crippen MR) is 69.7 cm³/mol. The topological polar surface area (TPSA) is 86.9 Å². The van der Waals surface area contributed by atoms with Gasteiger partial charge in [-0.2, -0.15) is 0 Å². The fraction of sp³-hybridized carbons (Fsp3) is 0.417. The van der Waals surface area contributed by atoms with Gasteiger partial charge in [0.25, 0.3) is 0 Å². The molecule has 100 valence electrons. The fourth-order valence-corrected chi connectivity index (χ4v) is 2.58. The van der Waals surface area contributed by atoms with E-state index in [1.807, 2.05) is 16.7 Å². The van der Waals surface area contributed by atoms with E-state index in [0.29, 0.717) is 12.5 Å². The highest BCUT2D eigenvalue weighted by Gasteiger charge is 2.30. The third-order valence-electron chi connectivity index (χ3n) is 2.93. The van der Waals surface area contributed by atoms with Gasteiger partial charge in [0.05, 0.1) is 18.6 Å². The van der Waals surface area contributed by atoms with Crippen molar-refractivity contribution < 1.29 is 9.21 Å². The molecule has 2 heterocycles. The molecule has 0 unspecified atom stereocenters. The summed E-state index contributed by atoms with van der Waals surface area (Å²) in [6.07, 6.45) is 3.94. The van der Waals surface area contributed by atoms with Crippen molar-refractivity contribution in [1.82, 2.24) is 14.8 Å². The van der Waals surface area contributed by atoms with E-state index in [1.54, 1.807) is 6.26 Å². The van der Waals surface area contributed by atoms with Crippen molar-refractivity contribution in [1.29, 1.82) is 0 Å². The van der Waals surface area contributed by atoms with E-state index in [0.717, 1.165) is 29.6 Å². The van der Waals surface area contributed by atoms with Gasteiger partial charge in [-0.05, 0) is 25.0 Å². The number of nitrogens with two attached hydrogens (primary N) is 1. The molecule has 6 nitrogen and oxygen atoms in total. The third kappa shape index (κ3) is 2.81. The van der Waals surface area contributed by atoms with E-state index in [2.05, 4.69) is 10.2 Å². The molecular formula is C12H14N4O2S. The Morgan fingerprint density at radius 3 is 3.00 bits per heavy atom. The fourth-order valence-electron chi connectivity index (χ4n) is 1.89. The molecule has 1 saturated carbocycles. The zero-order chi connectivity index (χ0) is 13.2. The van der Waals surface area contributed by atoms with Crippen molar-refractivity contribution in [3.8, 4) is 0 Å². The summed E-state index contributed by atoms with van der Waals surface area (Å²) in [5, 5.41) is 9.11. The minimum atomic E-state index is -0.356. The van der Waals surface area contributed by atoms with Gasteiger partial charge >= 0.3 is 0 Å². The molecule has 7 heteroatoms. The van der Waals surface area contributed by atoms with E-state index in [1.165, 1.54) is 11.8 Å². The second-order valence-electron chi connectivity index (χ2n) is 4.54. The van der Waals surface area contributed by atoms with Gasteiger partial charge < -0.3 is 10.2 Å². The van der Waals surface area contributed by atoms with Crippen LogP contribution in [0.1, 0.15) is 30.3 Å². The average Bonchev–Trinajstić information content (AvgIpc) is 2.95. The summed E-state index contributed by atoms with van der Waals surface area (Å²) in [4.78, 5) is 10.9. The molecule has 0 atom stereocenters. The van der Waals surface area contributed by atoms with Crippen LogP contribution in [-0.2, 0) is 11.3 Å². The molecule has 0 bridgehead atoms. The van der Waals surface area contributed by atoms with Gasteiger partial charge in [0.1, 0.15) is 11.6 Å². The maximum Gasteiger partial charge on any atom is 0.227 e. The lowest BCUT2D eigenvalue weighted by Crippen LogP contribution is -2.14. The van der Waals surface area contributed by atoms with Gasteiger partial charge in [0.15, 0.2) is 5.16 Å². The van der Waals surface area contributed by atoms with Crippen LogP contribution in [0.2, 0.25) is 0 Å². The molecule has 2 aromatic rings. The largest absolute Gasteiger partial charge is 0.467 e. The van der Waals surface area contributed by atoms with Gasteiger partial charge in [0, 0.05) is 5.92 Å². The van der Waals surface area contributed by atoms with Crippen molar-refractivity contribution in [3.63, 3.8) is 0 Å². The number of hydrogen-bond donors (Lipinski definition) is 1. The van der Waals surface area contributed by atoms with Gasteiger partial charge in [-0.3, -0.25) is 9.36 Å². The summed E-state index contributed by atoms with van der Waals surface area (Å²) >= 11 is 1.32. The van der Waals surface area contributed by atoms with E-state index in [4.69, 9.17) is 10.2 Å². The first-order valence-corrected chi connectivity index (χ1v) is 7.09. The number of furan rings is 1. The summed E-state index contributed by atoms with van der Waals surface area (Å²) in [5.74, 6) is 2.17. The van der Waals surface area contributed by atoms with Gasteiger partial charge in [-0.15, -0.1) is 10.2 Å². The SMILES string of the molecule is NC(=O)CSc1nnc(C2CC2)n1Cc1ccco1. The lowest BCUT2D eigenvalue weighted by molar-refractivity contribution is -0.115. The lowest BCUT2D eigenvalue weighted by atomic mass is 10.3. The second kappa shape index (κ2) is 5.08. The van der Waals surface area contributed by atoms with Crippen LogP contribution in [0.3, 0.4) is 0 Å². The lowest BCUT2D eigenvalue weighted by Gasteiger charge is -2.07. The number of aromatic nitrogens is 3. The van der Waals surface area contributed by atoms with Crippen molar-refractivity contribution in [2.75, 3.05) is 5.75 Å². The molecule has 2 N–H and O–H groups in total. The molecule has 1 aliphatic rings. The number of carbonyl (C=O) groups excluding carboxylic acids is 1. The molecule has 19 heavy (non-hydrogen) atoms. The molecule has 0 aliphatic heterocycles. The van der Waals surface area contributed by atoms with Crippen molar-refractivity contribution in [2.45, 2.75) is 30.5 Å². The first kappa shape index (κ1) is 12.3. The summed E-state index contributed by atoms with van der Waals surface area (Å²) in [6.45, 7) is 0.590. The van der Waals surface area contributed by atoms with E-state index in [9.17, 15) is 4.79 Å². The zero-order valence-electron chi connectivity index (χ0n) is 10.3. The standard InChI is InChI=1S/C12H14N4O2S/c13-10(17)7-19-12-15-14-11(8-3-4-8)16(12)6-9-2-1-5-18-9/h1-2,5,8H,3-4,6-7H2,(H2,13,17). The number of thioether (sulfide) groups is 1. The first-order valence-electron chi connectivity index (χ1n) is 6.10. The Morgan fingerprint density at radius 2 is 2.37 bits per heavy atom. The first-order chi connectivity index (χ1) is 9.24. The Balaban J connectivity index is 1.84. The number of rotatable bonds is 6. The number of nitrogens with zero attached hydrogens (tertiary/aromatic N) is 3. The monoisotopic (exact) mass is 278 g/mol. The Labute approximate surface area is 114 Å². The summed E-state index contributed by atoms with van der Waals surface area (Å²) in [6, 6.07) is 3.77. The second-order valence-corrected chi connectivity index (χ2v) is 5.48. The number of amides is 1. The van der Waals surface area contributed by atoms with Crippen LogP contribution in [0, 0.1) is 0 Å². The molecule has 1 fully saturated rings. The molecule has 0 aromatic carbocycles. The minimum Gasteiger partial charge on any atom is -0.467 e. The molecule has 0 spiro atoms. The molecule has 1 amide bonds. The number of primary amides is 1. The highest BCUT2D eigenvalue weighted by molar-refractivity contribution is 7.99. The Bertz CT molecular complexity index is 575. The van der Waals surface area contributed by atoms with Crippen LogP contribution in [0.15, 0.2) is 28.0 Å². The Kier molecular flexibility index (Phi) is 3.29. The van der Waals surface area contributed by atoms with Crippen molar-refractivity contribution in [3.05, 3.63) is 30.0 Å². The van der Waals surface area contributed by atoms with Crippen LogP contribution in [0.5, 0.6) is 0 Å². The highest BCUT2D eigenvalue weighted by Crippen LogP contribution is 2.40. The van der Waals surface area contributed by atoms with E-state index >= 15 is 0 Å². The van der Waals surface area contributed by atoms with Gasteiger partial charge in [-0.1, -0.05) is 11.8 Å². The molecular weight excluding hydrogens is 264 g/mol. The maximum absolute atomic E-state index is 10.9. The minimum absolute atomic E-state index is 0.209. The molecule has 1 aliphatic carbocycles. The quantitative estimate of drug-likeness (QED) is 0.806. The highest BCUT2D eigenvalue weighted by atomic mass is 32.2. The van der Waals surface area contributed by atoms with Gasteiger partial charge in [-0.25, -0.2) is 0 Å². The third-order valence-corrected chi connectivity index (χ3v) is 3.91. The number of hydrogen-bond acceptors (Lipinski definition) is 5. The summed E-state index contributed by atoms with van der Waals surface area (Å²) in [5.41, 5.74) is 5.17. The number of carbonyl (C=O) groups is 1. The van der Waals surface area contributed by atoms with Crippen LogP contribution < -0.4 is 5.73 Å². The maximum atomic E-state index is 10.9. The molecule has 0 radical (unpaired) electrons. The van der Waals surface area contributed by atoms with Crippen LogP contribution in [0.4, 0.5) is 0 Å². The molecule has 0 saturated heterocycles. The van der Waals surface area contributed by atoms with Crippen molar-refractivity contribution in [2.24, 2.45) is 5.73 Å². The predicted octanol–water partition coefficient (Wildman–Crippen LogP) is 1.37. The molecule has 3 rings (SSSR count). The summed E-state index contributed by atoms with van der Waals surface area (Å²) in [7, 11) is 0. The zero-order valence-corrected chi connectivity index (χ0v) is 11.1. The van der Waals surface area contributed by atoms with Crippen LogP contribution >= 0.6 is 11.8 Å². The van der Waals surface area contributed by atoms with Gasteiger partial charge in [0.2, 0.25) is 5.91 Å². The van der Waals surface area contributed by atoms with Crippen molar-refractivity contribution >= 4 is 17.7 Å². The normalized spacial score (nSPS) is 14.7. The smallest absolute Gasteiger partial charge is 0.227 e. The summed E-state index contributed by atoms with van der Waals surface area (Å²) < 4.78 is 7.38. The van der Waals surface area contributed by atoms with Crippen LogP contribution in [-0.4, -0.2) is 26.4 Å².